The summed E-state index contributed by atoms with van der Waals surface area (Å²) in [6, 6.07) is 7.62. The highest BCUT2D eigenvalue weighted by Crippen LogP contribution is 2.04. The molecule has 1 rings (SSSR count). The van der Waals surface area contributed by atoms with E-state index in [9.17, 15) is 4.79 Å². The topological polar surface area (TPSA) is 65.5 Å². The van der Waals surface area contributed by atoms with Crippen LogP contribution in [0.5, 0.6) is 0 Å². The Morgan fingerprint density at radius 1 is 1.47 bits per heavy atom. The van der Waals surface area contributed by atoms with Gasteiger partial charge in [-0.15, -0.1) is 0 Å². The molecule has 0 spiro atoms. The van der Waals surface area contributed by atoms with Gasteiger partial charge in [-0.2, -0.15) is 4.79 Å². The Morgan fingerprint density at radius 2 is 2.13 bits per heavy atom. The highest BCUT2D eigenvalue weighted by molar-refractivity contribution is 6.23. The van der Waals surface area contributed by atoms with Gasteiger partial charge in [0.2, 0.25) is 0 Å². The highest BCUT2D eigenvalue weighted by atomic mass is 16.1. The van der Waals surface area contributed by atoms with E-state index in [4.69, 9.17) is 5.53 Å². The van der Waals surface area contributed by atoms with Gasteiger partial charge in [-0.05, 0) is 11.1 Å². The third-order valence-corrected chi connectivity index (χ3v) is 1.86. The maximum absolute atomic E-state index is 10.9. The van der Waals surface area contributed by atoms with E-state index in [2.05, 4.69) is 16.7 Å². The van der Waals surface area contributed by atoms with Gasteiger partial charge in [-0.3, -0.25) is 4.79 Å². The van der Waals surface area contributed by atoms with Gasteiger partial charge in [-0.1, -0.05) is 36.9 Å². The van der Waals surface area contributed by atoms with E-state index < -0.39 is 5.91 Å². The van der Waals surface area contributed by atoms with Crippen molar-refractivity contribution in [2.24, 2.45) is 0 Å². The van der Waals surface area contributed by atoms with E-state index in [1.54, 1.807) is 6.08 Å². The van der Waals surface area contributed by atoms with E-state index in [1.807, 2.05) is 24.3 Å². The van der Waals surface area contributed by atoms with Crippen molar-refractivity contribution in [3.63, 3.8) is 0 Å². The third kappa shape index (κ3) is 3.58. The van der Waals surface area contributed by atoms with Gasteiger partial charge in [0.15, 0.2) is 0 Å². The molecule has 1 amide bonds. The maximum atomic E-state index is 10.9. The van der Waals surface area contributed by atoms with Gasteiger partial charge >= 0.3 is 12.1 Å². The van der Waals surface area contributed by atoms with E-state index in [-0.39, 0.29) is 0 Å². The van der Waals surface area contributed by atoms with Crippen LogP contribution in [0.3, 0.4) is 0 Å². The number of amides is 1. The molecular weight excluding hydrogens is 190 g/mol. The van der Waals surface area contributed by atoms with Gasteiger partial charge in [0.05, 0.1) is 0 Å². The van der Waals surface area contributed by atoms with Crippen LogP contribution in [0.1, 0.15) is 11.1 Å². The maximum Gasteiger partial charge on any atom is 0.344 e. The zero-order valence-electron chi connectivity index (χ0n) is 8.18. The van der Waals surface area contributed by atoms with Gasteiger partial charge in [0.25, 0.3) is 0 Å². The predicted molar refractivity (Wildman–Crippen MR) is 58.1 cm³/mol. The minimum atomic E-state index is -0.426. The number of nitrogens with one attached hydrogen (secondary N) is 1. The van der Waals surface area contributed by atoms with Crippen LogP contribution in [-0.4, -0.2) is 16.9 Å². The van der Waals surface area contributed by atoms with Crippen molar-refractivity contribution in [2.75, 3.05) is 0 Å². The van der Waals surface area contributed by atoms with Crippen LogP contribution in [0.25, 0.3) is 11.6 Å². The lowest BCUT2D eigenvalue weighted by molar-refractivity contribution is -0.118. The first-order valence-corrected chi connectivity index (χ1v) is 4.43. The van der Waals surface area contributed by atoms with E-state index >= 15 is 0 Å². The third-order valence-electron chi connectivity index (χ3n) is 1.86. The van der Waals surface area contributed by atoms with Gasteiger partial charge < -0.3 is 10.8 Å². The first-order chi connectivity index (χ1) is 7.26. The molecule has 4 heteroatoms. The Labute approximate surface area is 87.9 Å². The number of nitrogens with zero attached hydrogens (tertiary/aromatic N) is 2. The van der Waals surface area contributed by atoms with Crippen molar-refractivity contribution < 1.29 is 9.58 Å². The van der Waals surface area contributed by atoms with Gasteiger partial charge in [-0.25, -0.2) is 0 Å². The molecule has 0 aliphatic rings. The highest BCUT2D eigenvalue weighted by Gasteiger charge is 2.00. The Balaban J connectivity index is 2.54. The van der Waals surface area contributed by atoms with Crippen LogP contribution < -0.4 is 5.32 Å². The smallest absolute Gasteiger partial charge is 0.344 e. The summed E-state index contributed by atoms with van der Waals surface area (Å²) < 4.78 is 0. The fourth-order valence-corrected chi connectivity index (χ4v) is 1.06. The van der Waals surface area contributed by atoms with E-state index in [0.29, 0.717) is 6.54 Å². The molecule has 0 aromatic heterocycles. The lowest BCUT2D eigenvalue weighted by Gasteiger charge is -2.01. The minimum absolute atomic E-state index is 0.405. The average molecular weight is 201 g/mol. The molecule has 1 aromatic carbocycles. The quantitative estimate of drug-likeness (QED) is 0.444. The molecule has 4 nitrogen and oxygen atoms in total. The summed E-state index contributed by atoms with van der Waals surface area (Å²) in [5, 5.41) is 2.56. The average Bonchev–Trinajstić information content (AvgIpc) is 2.27. The minimum Gasteiger partial charge on any atom is -0.361 e. The Hall–Kier alpha value is -2.19. The molecule has 0 unspecified atom stereocenters. The van der Waals surface area contributed by atoms with Crippen molar-refractivity contribution in [3.8, 4) is 0 Å². The Bertz CT molecular complexity index is 402. The molecule has 15 heavy (non-hydrogen) atoms. The molecule has 0 saturated carbocycles. The first-order valence-electron chi connectivity index (χ1n) is 4.43. The second kappa shape index (κ2) is 5.52. The lowest BCUT2D eigenvalue weighted by Crippen LogP contribution is -2.23. The van der Waals surface area contributed by atoms with E-state index in [0.717, 1.165) is 17.3 Å². The van der Waals surface area contributed by atoms with E-state index in [1.165, 1.54) is 0 Å². The number of carbonyl (C=O) groups excluding carboxylic acids is 1. The predicted octanol–water partition coefficient (Wildman–Crippen LogP) is 1.25. The number of hydrogen-bond acceptors (Lipinski definition) is 1. The number of hydrogen-bond donors (Lipinski definition) is 1. The molecule has 76 valence electrons. The summed E-state index contributed by atoms with van der Waals surface area (Å²) in [5.41, 5.74) is 10.1. The summed E-state index contributed by atoms with van der Waals surface area (Å²) >= 11 is 0. The standard InChI is InChI=1S/C11H11N3O/c1-2-9-3-5-10(6-4-9)7-13-11(15)8-14-12/h2-6,8H,1,7H2,(H,13,15). The molecule has 0 bridgehead atoms. The van der Waals surface area contributed by atoms with Crippen molar-refractivity contribution in [1.82, 2.24) is 5.32 Å². The SMILES string of the molecule is C=Cc1ccc(CNC(=O)C=[N+]=[N-])cc1. The van der Waals surface area contributed by atoms with Crippen molar-refractivity contribution in [2.45, 2.75) is 6.54 Å². The summed E-state index contributed by atoms with van der Waals surface area (Å²) in [4.78, 5) is 13.5. The normalized spacial score (nSPS) is 8.80. The van der Waals surface area contributed by atoms with Crippen LogP contribution in [0.4, 0.5) is 0 Å². The molecule has 0 aliphatic carbocycles. The zero-order valence-corrected chi connectivity index (χ0v) is 8.18. The van der Waals surface area contributed by atoms with Crippen LogP contribution in [-0.2, 0) is 11.3 Å². The van der Waals surface area contributed by atoms with Crippen LogP contribution in [0.15, 0.2) is 30.8 Å². The molecule has 0 atom stereocenters. The fourth-order valence-electron chi connectivity index (χ4n) is 1.06. The second-order valence-electron chi connectivity index (χ2n) is 2.91. The molecular formula is C11H11N3O. The summed E-state index contributed by atoms with van der Waals surface area (Å²) in [7, 11) is 0. The van der Waals surface area contributed by atoms with Crippen LogP contribution in [0.2, 0.25) is 0 Å². The summed E-state index contributed by atoms with van der Waals surface area (Å²) in [5.74, 6) is -0.426. The van der Waals surface area contributed by atoms with Crippen molar-refractivity contribution in [1.29, 1.82) is 0 Å². The monoisotopic (exact) mass is 201 g/mol. The molecule has 0 aliphatic heterocycles. The zero-order chi connectivity index (χ0) is 11.1. The first kappa shape index (κ1) is 10.9. The second-order valence-corrected chi connectivity index (χ2v) is 2.91. The Kier molecular flexibility index (Phi) is 4.01. The van der Waals surface area contributed by atoms with Crippen LogP contribution >= 0.6 is 0 Å². The molecule has 1 aromatic rings. The summed E-state index contributed by atoms with van der Waals surface area (Å²) in [6.45, 7) is 4.05. The largest absolute Gasteiger partial charge is 0.361 e. The molecule has 0 heterocycles. The molecule has 0 radical (unpaired) electrons. The molecule has 0 saturated heterocycles. The molecule has 0 fully saturated rings. The number of benzene rings is 1. The molecule has 1 N–H and O–H groups in total. The number of rotatable bonds is 4. The summed E-state index contributed by atoms with van der Waals surface area (Å²) in [6.07, 6.45) is 2.57. The number of carbonyl (C=O) groups is 1. The lowest BCUT2D eigenvalue weighted by atomic mass is 10.1. The Morgan fingerprint density at radius 3 is 2.67 bits per heavy atom. The van der Waals surface area contributed by atoms with Crippen molar-refractivity contribution >= 4 is 18.2 Å². The van der Waals surface area contributed by atoms with Crippen molar-refractivity contribution in [3.05, 3.63) is 47.5 Å². The van der Waals surface area contributed by atoms with Gasteiger partial charge in [0.1, 0.15) is 0 Å². The van der Waals surface area contributed by atoms with Crippen LogP contribution in [0, 0.1) is 0 Å². The fraction of sp³-hybridized carbons (Fsp3) is 0.0909. The van der Waals surface area contributed by atoms with Gasteiger partial charge in [0, 0.05) is 6.54 Å².